The number of piperidine rings is 1. The third-order valence-electron chi connectivity index (χ3n) is 5.96. The van der Waals surface area contributed by atoms with E-state index < -0.39 is 19.9 Å². The van der Waals surface area contributed by atoms with Gasteiger partial charge in [-0.1, -0.05) is 12.1 Å². The van der Waals surface area contributed by atoms with Gasteiger partial charge in [0.1, 0.15) is 4.90 Å². The highest BCUT2D eigenvalue weighted by atomic mass is 32.2. The Morgan fingerprint density at radius 3 is 2.66 bits per heavy atom. The van der Waals surface area contributed by atoms with Crippen LogP contribution >= 0.6 is 0 Å². The predicted molar refractivity (Wildman–Crippen MR) is 109 cm³/mol. The lowest BCUT2D eigenvalue weighted by atomic mass is 9.95. The number of sulfonamides is 1. The van der Waals surface area contributed by atoms with Crippen molar-refractivity contribution in [1.82, 2.24) is 9.80 Å². The smallest absolute Gasteiger partial charge is 0.285 e. The third-order valence-corrected chi connectivity index (χ3v) is 9.03. The fourth-order valence-electron chi connectivity index (χ4n) is 4.54. The molecule has 1 aromatic rings. The molecule has 3 heterocycles. The Labute approximate surface area is 171 Å². The van der Waals surface area contributed by atoms with Gasteiger partial charge in [0.2, 0.25) is 5.91 Å². The number of benzene rings is 1. The van der Waals surface area contributed by atoms with Crippen molar-refractivity contribution in [1.29, 1.82) is 0 Å². The van der Waals surface area contributed by atoms with Crippen LogP contribution in [0.5, 0.6) is 0 Å². The van der Waals surface area contributed by atoms with Crippen LogP contribution < -0.4 is 0 Å². The SMILES string of the molecule is CCN(C(=O)[C@H]1CCCN(C2=NS(=O)(=O)c3ccccc32)C1)[C@@H]1CCS(=O)(=O)C1. The molecule has 3 aliphatic rings. The minimum Gasteiger partial charge on any atom is -0.355 e. The number of carbonyl (C=O) groups excluding carboxylic acids is 1. The molecular weight excluding hydrogens is 414 g/mol. The first-order valence-corrected chi connectivity index (χ1v) is 13.2. The second kappa shape index (κ2) is 7.39. The van der Waals surface area contributed by atoms with E-state index in [0.29, 0.717) is 43.9 Å². The number of carbonyl (C=O) groups is 1. The van der Waals surface area contributed by atoms with Crippen molar-refractivity contribution in [2.24, 2.45) is 10.3 Å². The zero-order valence-corrected chi connectivity index (χ0v) is 18.0. The fraction of sp³-hybridized carbons (Fsp3) is 0.579. The first kappa shape index (κ1) is 20.3. The number of fused-ring (bicyclic) bond motifs is 1. The Kier molecular flexibility index (Phi) is 5.18. The Balaban J connectivity index is 1.54. The summed E-state index contributed by atoms with van der Waals surface area (Å²) in [4.78, 5) is 17.0. The van der Waals surface area contributed by atoms with E-state index in [1.807, 2.05) is 11.8 Å². The van der Waals surface area contributed by atoms with Crippen LogP contribution in [0.1, 0.15) is 31.7 Å². The summed E-state index contributed by atoms with van der Waals surface area (Å²) in [6.45, 7) is 3.36. The number of amides is 1. The number of hydrogen-bond acceptors (Lipinski definition) is 6. The first-order chi connectivity index (χ1) is 13.7. The number of sulfone groups is 1. The van der Waals surface area contributed by atoms with E-state index >= 15 is 0 Å². The van der Waals surface area contributed by atoms with E-state index in [4.69, 9.17) is 0 Å². The highest BCUT2D eigenvalue weighted by molar-refractivity contribution is 7.91. The molecule has 0 bridgehead atoms. The van der Waals surface area contributed by atoms with Gasteiger partial charge in [-0.3, -0.25) is 4.79 Å². The molecule has 158 valence electrons. The molecule has 0 aromatic heterocycles. The summed E-state index contributed by atoms with van der Waals surface area (Å²) in [6.07, 6.45) is 1.93. The highest BCUT2D eigenvalue weighted by Crippen LogP contribution is 2.30. The summed E-state index contributed by atoms with van der Waals surface area (Å²) in [5.74, 6) is 0.217. The van der Waals surface area contributed by atoms with Crippen LogP contribution in [0.15, 0.2) is 33.6 Å². The van der Waals surface area contributed by atoms with E-state index in [1.54, 1.807) is 29.2 Å². The van der Waals surface area contributed by atoms with E-state index in [2.05, 4.69) is 4.40 Å². The van der Waals surface area contributed by atoms with Crippen LogP contribution in [0.3, 0.4) is 0 Å². The van der Waals surface area contributed by atoms with Crippen molar-refractivity contribution in [3.63, 3.8) is 0 Å². The fourth-order valence-corrected chi connectivity index (χ4v) is 7.50. The topological polar surface area (TPSA) is 104 Å². The number of nitrogens with zero attached hydrogens (tertiary/aromatic N) is 3. The summed E-state index contributed by atoms with van der Waals surface area (Å²) in [5, 5.41) is 0. The van der Waals surface area contributed by atoms with Crippen LogP contribution in [-0.4, -0.2) is 75.6 Å². The molecule has 3 aliphatic heterocycles. The van der Waals surface area contributed by atoms with Gasteiger partial charge < -0.3 is 9.80 Å². The average Bonchev–Trinajstić information content (AvgIpc) is 3.19. The summed E-state index contributed by atoms with van der Waals surface area (Å²) in [5.41, 5.74) is 0.579. The standard InChI is InChI=1S/C19H25N3O5S2/c1-2-22(15-9-11-28(24,25)13-15)19(23)14-6-5-10-21(12-14)18-16-7-3-4-8-17(16)29(26,27)20-18/h3-4,7-8,14-15H,2,5-6,9-13H2,1H3/t14-,15+/m0/s1. The summed E-state index contributed by atoms with van der Waals surface area (Å²) >= 11 is 0. The quantitative estimate of drug-likeness (QED) is 0.693. The summed E-state index contributed by atoms with van der Waals surface area (Å²) in [7, 11) is -6.78. The highest BCUT2D eigenvalue weighted by Gasteiger charge is 2.39. The molecule has 2 saturated heterocycles. The van der Waals surface area contributed by atoms with Gasteiger partial charge in [0, 0.05) is 31.2 Å². The van der Waals surface area contributed by atoms with Crippen molar-refractivity contribution >= 4 is 31.6 Å². The lowest BCUT2D eigenvalue weighted by Crippen LogP contribution is -2.49. The van der Waals surface area contributed by atoms with Crippen molar-refractivity contribution in [3.05, 3.63) is 29.8 Å². The molecule has 8 nitrogen and oxygen atoms in total. The third kappa shape index (κ3) is 3.79. The molecule has 0 spiro atoms. The normalized spacial score (nSPS) is 27.3. The molecule has 0 aliphatic carbocycles. The minimum atomic E-state index is -3.70. The van der Waals surface area contributed by atoms with Gasteiger partial charge in [0.05, 0.1) is 17.4 Å². The van der Waals surface area contributed by atoms with Gasteiger partial charge in [0.15, 0.2) is 15.7 Å². The van der Waals surface area contributed by atoms with Gasteiger partial charge >= 0.3 is 0 Å². The lowest BCUT2D eigenvalue weighted by molar-refractivity contribution is -0.138. The van der Waals surface area contributed by atoms with Crippen LogP contribution in [0.4, 0.5) is 0 Å². The maximum atomic E-state index is 13.2. The Bertz CT molecular complexity index is 1070. The molecule has 0 N–H and O–H groups in total. The number of rotatable bonds is 3. The summed E-state index contributed by atoms with van der Waals surface area (Å²) in [6, 6.07) is 6.48. The van der Waals surface area contributed by atoms with E-state index in [9.17, 15) is 21.6 Å². The molecule has 1 amide bonds. The molecule has 2 atom stereocenters. The van der Waals surface area contributed by atoms with E-state index in [0.717, 1.165) is 6.42 Å². The lowest BCUT2D eigenvalue weighted by Gasteiger charge is -2.37. The molecular formula is C19H25N3O5S2. The Morgan fingerprint density at radius 2 is 1.97 bits per heavy atom. The largest absolute Gasteiger partial charge is 0.355 e. The number of hydrogen-bond donors (Lipinski definition) is 0. The molecule has 4 rings (SSSR count). The Hall–Kier alpha value is -1.94. The van der Waals surface area contributed by atoms with Crippen LogP contribution in [-0.2, 0) is 24.7 Å². The number of likely N-dealkylation sites (tertiary alicyclic amines) is 1. The second-order valence-electron chi connectivity index (χ2n) is 7.85. The van der Waals surface area contributed by atoms with Gasteiger partial charge in [-0.15, -0.1) is 4.40 Å². The summed E-state index contributed by atoms with van der Waals surface area (Å²) < 4.78 is 52.4. The maximum absolute atomic E-state index is 13.2. The van der Waals surface area contributed by atoms with E-state index in [-0.39, 0.29) is 34.3 Å². The van der Waals surface area contributed by atoms with Crippen LogP contribution in [0.25, 0.3) is 0 Å². The second-order valence-corrected chi connectivity index (χ2v) is 11.7. The maximum Gasteiger partial charge on any atom is 0.285 e. The van der Waals surface area contributed by atoms with E-state index in [1.165, 1.54) is 0 Å². The Morgan fingerprint density at radius 1 is 1.21 bits per heavy atom. The monoisotopic (exact) mass is 439 g/mol. The molecule has 2 fully saturated rings. The zero-order valence-electron chi connectivity index (χ0n) is 16.3. The minimum absolute atomic E-state index is 0.0291. The van der Waals surface area contributed by atoms with Crippen molar-refractivity contribution in [3.8, 4) is 0 Å². The van der Waals surface area contributed by atoms with Crippen LogP contribution in [0, 0.1) is 5.92 Å². The molecule has 1 aromatic carbocycles. The molecule has 0 saturated carbocycles. The predicted octanol–water partition coefficient (Wildman–Crippen LogP) is 0.883. The van der Waals surface area contributed by atoms with Gasteiger partial charge in [-0.2, -0.15) is 8.42 Å². The zero-order chi connectivity index (χ0) is 20.8. The van der Waals surface area contributed by atoms with Gasteiger partial charge in [0.25, 0.3) is 10.0 Å². The van der Waals surface area contributed by atoms with Gasteiger partial charge in [-0.05, 0) is 38.3 Å². The first-order valence-electron chi connectivity index (χ1n) is 9.92. The molecule has 0 radical (unpaired) electrons. The van der Waals surface area contributed by atoms with Crippen molar-refractivity contribution in [2.75, 3.05) is 31.1 Å². The molecule has 29 heavy (non-hydrogen) atoms. The average molecular weight is 440 g/mol. The van der Waals surface area contributed by atoms with Gasteiger partial charge in [-0.25, -0.2) is 8.42 Å². The van der Waals surface area contributed by atoms with Crippen molar-refractivity contribution in [2.45, 2.75) is 37.1 Å². The molecule has 0 unspecified atom stereocenters. The molecule has 10 heteroatoms. The van der Waals surface area contributed by atoms with Crippen molar-refractivity contribution < 1.29 is 21.6 Å². The van der Waals surface area contributed by atoms with Crippen LogP contribution in [0.2, 0.25) is 0 Å². The number of amidine groups is 1.